The highest BCUT2D eigenvalue weighted by Crippen LogP contribution is 2.07. The van der Waals surface area contributed by atoms with Crippen LogP contribution in [0.3, 0.4) is 0 Å². The van der Waals surface area contributed by atoms with Gasteiger partial charge in [-0.3, -0.25) is 4.99 Å². The van der Waals surface area contributed by atoms with Crippen LogP contribution in [0, 0.1) is 6.92 Å². The van der Waals surface area contributed by atoms with Crippen molar-refractivity contribution >= 4 is 5.96 Å². The lowest BCUT2D eigenvalue weighted by Gasteiger charge is -2.13. The number of nitrogens with one attached hydrogen (secondary N) is 2. The van der Waals surface area contributed by atoms with Crippen LogP contribution in [0.4, 0.5) is 0 Å². The third-order valence-electron chi connectivity index (χ3n) is 4.57. The van der Waals surface area contributed by atoms with E-state index in [0.717, 1.165) is 37.8 Å². The van der Waals surface area contributed by atoms with Gasteiger partial charge in [0.25, 0.3) is 0 Å². The summed E-state index contributed by atoms with van der Waals surface area (Å²) in [6.45, 7) is 4.50. The molecule has 0 unspecified atom stereocenters. The summed E-state index contributed by atoms with van der Waals surface area (Å²) < 4.78 is 2.19. The second-order valence-electron chi connectivity index (χ2n) is 6.49. The molecule has 2 N–H and O–H groups in total. The van der Waals surface area contributed by atoms with E-state index < -0.39 is 0 Å². The van der Waals surface area contributed by atoms with Gasteiger partial charge in [-0.05, 0) is 23.6 Å². The van der Waals surface area contributed by atoms with Crippen LogP contribution in [-0.4, -0.2) is 29.1 Å². The third-order valence-corrected chi connectivity index (χ3v) is 4.57. The smallest absolute Gasteiger partial charge is 0.191 e. The molecule has 0 radical (unpaired) electrons. The minimum atomic E-state index is 0.759. The lowest BCUT2D eigenvalue weighted by Crippen LogP contribution is -2.38. The molecule has 0 fully saturated rings. The summed E-state index contributed by atoms with van der Waals surface area (Å²) in [5.41, 5.74) is 3.84. The Kier molecular flexibility index (Phi) is 6.63. The minimum Gasteiger partial charge on any atom is -0.356 e. The van der Waals surface area contributed by atoms with Crippen LogP contribution < -0.4 is 10.6 Å². The quantitative estimate of drug-likeness (QED) is 0.502. The van der Waals surface area contributed by atoms with Crippen LogP contribution in [0.1, 0.15) is 22.5 Å². The van der Waals surface area contributed by atoms with Gasteiger partial charge in [0.2, 0.25) is 0 Å². The molecular formula is C22H27N5. The molecule has 0 spiro atoms. The van der Waals surface area contributed by atoms with Gasteiger partial charge >= 0.3 is 0 Å². The van der Waals surface area contributed by atoms with Crippen LogP contribution in [0.15, 0.2) is 72.0 Å². The van der Waals surface area contributed by atoms with E-state index >= 15 is 0 Å². The number of aromatic nitrogens is 2. The van der Waals surface area contributed by atoms with E-state index in [1.807, 2.05) is 18.5 Å². The zero-order chi connectivity index (χ0) is 18.9. The highest BCUT2D eigenvalue weighted by molar-refractivity contribution is 5.79. The fourth-order valence-corrected chi connectivity index (χ4v) is 2.99. The largest absolute Gasteiger partial charge is 0.356 e. The number of hydrogen-bond acceptors (Lipinski definition) is 2. The normalized spacial score (nSPS) is 11.4. The molecule has 3 aromatic rings. The summed E-state index contributed by atoms with van der Waals surface area (Å²) in [6, 6.07) is 18.8. The monoisotopic (exact) mass is 361 g/mol. The Hall–Kier alpha value is -3.08. The number of aryl methyl sites for hydroxylation is 1. The maximum absolute atomic E-state index is 4.50. The van der Waals surface area contributed by atoms with Crippen molar-refractivity contribution in [2.24, 2.45) is 4.99 Å². The average molecular weight is 361 g/mol. The zero-order valence-electron chi connectivity index (χ0n) is 16.0. The predicted octanol–water partition coefficient (Wildman–Crippen LogP) is 3.15. The minimum absolute atomic E-state index is 0.759. The van der Waals surface area contributed by atoms with Gasteiger partial charge in [0, 0.05) is 45.5 Å². The first-order valence-electron chi connectivity index (χ1n) is 9.29. The fourth-order valence-electron chi connectivity index (χ4n) is 2.99. The summed E-state index contributed by atoms with van der Waals surface area (Å²) >= 11 is 0. The van der Waals surface area contributed by atoms with Crippen molar-refractivity contribution in [2.75, 3.05) is 13.6 Å². The van der Waals surface area contributed by atoms with Crippen LogP contribution >= 0.6 is 0 Å². The zero-order valence-corrected chi connectivity index (χ0v) is 16.0. The number of rotatable bonds is 7. The second-order valence-corrected chi connectivity index (χ2v) is 6.49. The van der Waals surface area contributed by atoms with Crippen molar-refractivity contribution < 1.29 is 0 Å². The van der Waals surface area contributed by atoms with Gasteiger partial charge in [-0.1, -0.05) is 54.6 Å². The van der Waals surface area contributed by atoms with Crippen molar-refractivity contribution in [3.63, 3.8) is 0 Å². The van der Waals surface area contributed by atoms with E-state index in [9.17, 15) is 0 Å². The van der Waals surface area contributed by atoms with E-state index in [1.165, 1.54) is 16.7 Å². The maximum atomic E-state index is 4.50. The Morgan fingerprint density at radius 3 is 2.59 bits per heavy atom. The predicted molar refractivity (Wildman–Crippen MR) is 111 cm³/mol. The van der Waals surface area contributed by atoms with Crippen molar-refractivity contribution in [3.8, 4) is 0 Å². The number of aliphatic imine (C=N–C) groups is 1. The number of guanidine groups is 1. The highest BCUT2D eigenvalue weighted by atomic mass is 15.2. The molecule has 0 aliphatic carbocycles. The second kappa shape index (κ2) is 9.57. The Balaban J connectivity index is 1.49. The average Bonchev–Trinajstić information content (AvgIpc) is 3.13. The molecule has 2 aromatic carbocycles. The fraction of sp³-hybridized carbons (Fsp3) is 0.273. The van der Waals surface area contributed by atoms with E-state index in [4.69, 9.17) is 0 Å². The standard InChI is InChI=1S/C22H27N5/c1-18-8-6-7-11-20(18)16-26-22(23-2)25-13-12-21-24-14-15-27(21)17-19-9-4-3-5-10-19/h3-11,14-15H,12-13,16-17H2,1-2H3,(H2,23,25,26). The Morgan fingerprint density at radius 1 is 1.04 bits per heavy atom. The van der Waals surface area contributed by atoms with Crippen LogP contribution in [0.5, 0.6) is 0 Å². The molecule has 5 nitrogen and oxygen atoms in total. The SMILES string of the molecule is CN=C(NCCc1nccn1Cc1ccccc1)NCc1ccccc1C. The molecule has 0 amide bonds. The van der Waals surface area contributed by atoms with Gasteiger partial charge in [-0.25, -0.2) is 4.98 Å². The molecule has 0 aliphatic heterocycles. The number of imidazole rings is 1. The molecule has 0 saturated heterocycles. The molecule has 3 rings (SSSR count). The van der Waals surface area contributed by atoms with Crippen molar-refractivity contribution in [3.05, 3.63) is 89.5 Å². The summed E-state index contributed by atoms with van der Waals surface area (Å²) in [6.07, 6.45) is 4.74. The number of hydrogen-bond donors (Lipinski definition) is 2. The molecule has 27 heavy (non-hydrogen) atoms. The Morgan fingerprint density at radius 2 is 1.81 bits per heavy atom. The van der Waals surface area contributed by atoms with Gasteiger partial charge in [-0.2, -0.15) is 0 Å². The number of benzene rings is 2. The third kappa shape index (κ3) is 5.45. The lowest BCUT2D eigenvalue weighted by atomic mass is 10.1. The van der Waals surface area contributed by atoms with Crippen LogP contribution in [0.2, 0.25) is 0 Å². The van der Waals surface area contributed by atoms with E-state index in [2.05, 4.69) is 80.6 Å². The highest BCUT2D eigenvalue weighted by Gasteiger charge is 2.05. The summed E-state index contributed by atoms with van der Waals surface area (Å²) in [5.74, 6) is 1.88. The van der Waals surface area contributed by atoms with Gasteiger partial charge < -0.3 is 15.2 Å². The van der Waals surface area contributed by atoms with E-state index in [0.29, 0.717) is 0 Å². The first-order valence-corrected chi connectivity index (χ1v) is 9.29. The first kappa shape index (κ1) is 18.7. The topological polar surface area (TPSA) is 54.2 Å². The Bertz CT molecular complexity index is 867. The van der Waals surface area contributed by atoms with E-state index in [-0.39, 0.29) is 0 Å². The lowest BCUT2D eigenvalue weighted by molar-refractivity contribution is 0.694. The van der Waals surface area contributed by atoms with Crippen molar-refractivity contribution in [1.29, 1.82) is 0 Å². The van der Waals surface area contributed by atoms with Gasteiger partial charge in [0.1, 0.15) is 5.82 Å². The molecule has 1 heterocycles. The van der Waals surface area contributed by atoms with Gasteiger partial charge in [0.05, 0.1) is 0 Å². The van der Waals surface area contributed by atoms with Crippen molar-refractivity contribution in [2.45, 2.75) is 26.4 Å². The molecule has 0 bridgehead atoms. The van der Waals surface area contributed by atoms with Crippen molar-refractivity contribution in [1.82, 2.24) is 20.2 Å². The Labute approximate surface area is 161 Å². The summed E-state index contributed by atoms with van der Waals surface area (Å²) in [7, 11) is 1.80. The maximum Gasteiger partial charge on any atom is 0.191 e. The molecule has 5 heteroatoms. The summed E-state index contributed by atoms with van der Waals surface area (Å²) in [5, 5.41) is 6.75. The van der Waals surface area contributed by atoms with Gasteiger partial charge in [0.15, 0.2) is 5.96 Å². The molecule has 0 atom stereocenters. The molecule has 0 saturated carbocycles. The van der Waals surface area contributed by atoms with E-state index in [1.54, 1.807) is 7.05 Å². The molecule has 140 valence electrons. The van der Waals surface area contributed by atoms with Gasteiger partial charge in [-0.15, -0.1) is 0 Å². The van der Waals surface area contributed by atoms with Crippen LogP contribution in [0.25, 0.3) is 0 Å². The summed E-state index contributed by atoms with van der Waals surface area (Å²) in [4.78, 5) is 8.81. The molecule has 0 aliphatic rings. The first-order chi connectivity index (χ1) is 13.3. The number of nitrogens with zero attached hydrogens (tertiary/aromatic N) is 3. The molecule has 1 aromatic heterocycles. The molecular weight excluding hydrogens is 334 g/mol. The van der Waals surface area contributed by atoms with Crippen LogP contribution in [-0.2, 0) is 19.5 Å².